The van der Waals surface area contributed by atoms with Gasteiger partial charge in [-0.1, -0.05) is 13.8 Å². The summed E-state index contributed by atoms with van der Waals surface area (Å²) >= 11 is 0. The first-order valence-corrected chi connectivity index (χ1v) is 10.6. The van der Waals surface area contributed by atoms with Gasteiger partial charge >= 0.3 is 0 Å². The lowest BCUT2D eigenvalue weighted by Gasteiger charge is -2.61. The normalized spacial score (nSPS) is 36.9. The van der Waals surface area contributed by atoms with Gasteiger partial charge in [-0.05, 0) is 68.3 Å². The van der Waals surface area contributed by atoms with E-state index in [4.69, 9.17) is 0 Å². The Morgan fingerprint density at radius 1 is 1.08 bits per heavy atom. The van der Waals surface area contributed by atoms with Crippen molar-refractivity contribution in [2.45, 2.75) is 63.8 Å². The molecule has 4 bridgehead atoms. The molecule has 5 nitrogen and oxygen atoms in total. The minimum Gasteiger partial charge on any atom is -0.335 e. The first kappa shape index (κ1) is 16.8. The Labute approximate surface area is 156 Å². The number of nitrogens with one attached hydrogen (secondary N) is 1. The van der Waals surface area contributed by atoms with Crippen molar-refractivity contribution in [3.8, 4) is 0 Å². The van der Waals surface area contributed by atoms with E-state index in [1.165, 1.54) is 38.5 Å². The number of amides is 1. The first-order chi connectivity index (χ1) is 12.5. The van der Waals surface area contributed by atoms with Gasteiger partial charge in [0.1, 0.15) is 5.69 Å². The van der Waals surface area contributed by atoms with Crippen LogP contribution in [0.15, 0.2) is 6.07 Å². The molecular formula is C21H32N4O. The predicted molar refractivity (Wildman–Crippen MR) is 101 cm³/mol. The molecule has 1 saturated heterocycles. The van der Waals surface area contributed by atoms with E-state index < -0.39 is 0 Å². The van der Waals surface area contributed by atoms with Crippen molar-refractivity contribution >= 4 is 5.91 Å². The van der Waals surface area contributed by atoms with Crippen molar-refractivity contribution in [1.82, 2.24) is 20.0 Å². The molecule has 1 aromatic heterocycles. The Kier molecular flexibility index (Phi) is 3.93. The van der Waals surface area contributed by atoms with Crippen LogP contribution in [0, 0.1) is 17.8 Å². The maximum atomic E-state index is 12.8. The molecule has 1 aromatic rings. The van der Waals surface area contributed by atoms with Crippen LogP contribution in [0.25, 0.3) is 0 Å². The molecule has 0 radical (unpaired) electrons. The second-order valence-electron chi connectivity index (χ2n) is 9.78. The molecule has 5 aliphatic rings. The molecule has 2 heterocycles. The van der Waals surface area contributed by atoms with Crippen LogP contribution in [0.1, 0.15) is 74.5 Å². The third kappa shape index (κ3) is 2.70. The van der Waals surface area contributed by atoms with E-state index in [1.54, 1.807) is 0 Å². The number of carbonyl (C=O) groups is 1. The molecule has 1 N–H and O–H groups in total. The van der Waals surface area contributed by atoms with Gasteiger partial charge in [0.2, 0.25) is 0 Å². The summed E-state index contributed by atoms with van der Waals surface area (Å²) in [6.45, 7) is 8.02. The highest BCUT2D eigenvalue weighted by Crippen LogP contribution is 2.57. The molecule has 26 heavy (non-hydrogen) atoms. The second kappa shape index (κ2) is 6.08. The summed E-state index contributed by atoms with van der Waals surface area (Å²) in [5.74, 6) is 3.42. The SMILES string of the molecule is CC(C)c1cc(C(=O)N2CCN(C34CC5CC(CC(C5)C3)C4)CC2)n[nH]1. The minimum atomic E-state index is 0.0957. The van der Waals surface area contributed by atoms with Crippen LogP contribution in [0.5, 0.6) is 0 Å². The Hall–Kier alpha value is -1.36. The maximum Gasteiger partial charge on any atom is 0.274 e. The molecule has 1 amide bonds. The van der Waals surface area contributed by atoms with E-state index >= 15 is 0 Å². The molecule has 5 fully saturated rings. The van der Waals surface area contributed by atoms with Crippen molar-refractivity contribution < 1.29 is 4.79 Å². The number of H-pyrrole nitrogens is 1. The van der Waals surface area contributed by atoms with Crippen LogP contribution in [0.3, 0.4) is 0 Å². The van der Waals surface area contributed by atoms with E-state index in [9.17, 15) is 4.79 Å². The fourth-order valence-corrected chi connectivity index (χ4v) is 6.74. The van der Waals surface area contributed by atoms with Crippen molar-refractivity contribution in [1.29, 1.82) is 0 Å². The zero-order chi connectivity index (χ0) is 17.9. The van der Waals surface area contributed by atoms with E-state index in [1.807, 2.05) is 11.0 Å². The number of hydrogen-bond donors (Lipinski definition) is 1. The third-order valence-corrected chi connectivity index (χ3v) is 7.68. The van der Waals surface area contributed by atoms with Gasteiger partial charge in [-0.25, -0.2) is 0 Å². The van der Waals surface area contributed by atoms with Gasteiger partial charge in [0.15, 0.2) is 0 Å². The van der Waals surface area contributed by atoms with Gasteiger partial charge in [0, 0.05) is 37.4 Å². The molecule has 6 rings (SSSR count). The lowest BCUT2D eigenvalue weighted by atomic mass is 9.52. The van der Waals surface area contributed by atoms with Crippen LogP contribution in [0.4, 0.5) is 0 Å². The highest BCUT2D eigenvalue weighted by atomic mass is 16.2. The summed E-state index contributed by atoms with van der Waals surface area (Å²) in [4.78, 5) is 17.6. The number of rotatable bonds is 3. The summed E-state index contributed by atoms with van der Waals surface area (Å²) in [6.07, 6.45) is 8.75. The van der Waals surface area contributed by atoms with Gasteiger partial charge in [-0.3, -0.25) is 14.8 Å². The molecule has 1 aliphatic heterocycles. The van der Waals surface area contributed by atoms with Crippen molar-refractivity contribution in [2.75, 3.05) is 26.2 Å². The molecule has 5 heteroatoms. The van der Waals surface area contributed by atoms with Crippen LogP contribution >= 0.6 is 0 Å². The second-order valence-corrected chi connectivity index (χ2v) is 9.78. The molecule has 4 aliphatic carbocycles. The van der Waals surface area contributed by atoms with Gasteiger partial charge in [0.05, 0.1) is 0 Å². The Morgan fingerprint density at radius 2 is 1.65 bits per heavy atom. The highest BCUT2D eigenvalue weighted by Gasteiger charge is 2.53. The summed E-state index contributed by atoms with van der Waals surface area (Å²) in [7, 11) is 0. The third-order valence-electron chi connectivity index (χ3n) is 7.68. The summed E-state index contributed by atoms with van der Waals surface area (Å²) in [6, 6.07) is 1.93. The van der Waals surface area contributed by atoms with E-state index in [0.29, 0.717) is 17.2 Å². The van der Waals surface area contributed by atoms with Crippen molar-refractivity contribution in [3.63, 3.8) is 0 Å². The zero-order valence-electron chi connectivity index (χ0n) is 16.2. The largest absolute Gasteiger partial charge is 0.335 e. The maximum absolute atomic E-state index is 12.8. The van der Waals surface area contributed by atoms with E-state index in [-0.39, 0.29) is 5.91 Å². The first-order valence-electron chi connectivity index (χ1n) is 10.6. The average Bonchev–Trinajstić information content (AvgIpc) is 3.10. The van der Waals surface area contributed by atoms with Crippen LogP contribution in [0.2, 0.25) is 0 Å². The van der Waals surface area contributed by atoms with Crippen LogP contribution in [-0.2, 0) is 0 Å². The Bertz CT molecular complexity index is 651. The van der Waals surface area contributed by atoms with Crippen LogP contribution < -0.4 is 0 Å². The van der Waals surface area contributed by atoms with Crippen molar-refractivity contribution in [3.05, 3.63) is 17.5 Å². The topological polar surface area (TPSA) is 52.2 Å². The zero-order valence-corrected chi connectivity index (χ0v) is 16.2. The van der Waals surface area contributed by atoms with Crippen molar-refractivity contribution in [2.24, 2.45) is 17.8 Å². The smallest absolute Gasteiger partial charge is 0.274 e. The Balaban J connectivity index is 1.24. The molecule has 142 valence electrons. The quantitative estimate of drug-likeness (QED) is 0.904. The number of nitrogens with zero attached hydrogens (tertiary/aromatic N) is 3. The molecular weight excluding hydrogens is 324 g/mol. The molecule has 0 atom stereocenters. The highest BCUT2D eigenvalue weighted by molar-refractivity contribution is 5.92. The number of aromatic amines is 1. The number of piperazine rings is 1. The summed E-state index contributed by atoms with van der Waals surface area (Å²) < 4.78 is 0. The fraction of sp³-hybridized carbons (Fsp3) is 0.810. The molecule has 0 aromatic carbocycles. The Morgan fingerprint density at radius 3 is 2.15 bits per heavy atom. The molecule has 0 unspecified atom stereocenters. The molecule has 0 spiro atoms. The monoisotopic (exact) mass is 356 g/mol. The number of aromatic nitrogens is 2. The lowest BCUT2D eigenvalue weighted by Crippen LogP contribution is -2.64. The minimum absolute atomic E-state index is 0.0957. The van der Waals surface area contributed by atoms with Gasteiger partial charge < -0.3 is 4.90 Å². The predicted octanol–water partition coefficient (Wildman–Crippen LogP) is 3.26. The van der Waals surface area contributed by atoms with E-state index in [0.717, 1.165) is 49.6 Å². The molecule has 4 saturated carbocycles. The van der Waals surface area contributed by atoms with Crippen LogP contribution in [-0.4, -0.2) is 57.6 Å². The van der Waals surface area contributed by atoms with Gasteiger partial charge in [0.25, 0.3) is 5.91 Å². The number of carbonyl (C=O) groups excluding carboxylic acids is 1. The standard InChI is InChI=1S/C21H32N4O/c1-14(2)18-10-19(23-22-18)20(26)24-3-5-25(6-4-24)21-11-15-7-16(12-21)9-17(8-15)13-21/h10,14-17H,3-9,11-13H2,1-2H3,(H,22,23). The van der Waals surface area contributed by atoms with E-state index in [2.05, 4.69) is 28.9 Å². The average molecular weight is 357 g/mol. The van der Waals surface area contributed by atoms with Gasteiger partial charge in [-0.2, -0.15) is 5.10 Å². The fourth-order valence-electron chi connectivity index (χ4n) is 6.74. The lowest BCUT2D eigenvalue weighted by molar-refractivity contribution is -0.0987. The summed E-state index contributed by atoms with van der Waals surface area (Å²) in [5, 5.41) is 7.27. The summed E-state index contributed by atoms with van der Waals surface area (Å²) in [5.41, 5.74) is 2.10. The number of hydrogen-bond acceptors (Lipinski definition) is 3. The van der Waals surface area contributed by atoms with Gasteiger partial charge in [-0.15, -0.1) is 0 Å².